The van der Waals surface area contributed by atoms with Crippen molar-refractivity contribution in [2.75, 3.05) is 0 Å². The van der Waals surface area contributed by atoms with Gasteiger partial charge in [-0.1, -0.05) is 0 Å². The van der Waals surface area contributed by atoms with Crippen molar-refractivity contribution in [1.82, 2.24) is 4.98 Å². The minimum absolute atomic E-state index is 1.22. The Morgan fingerprint density at radius 1 is 1.50 bits per heavy atom. The molecule has 0 aliphatic rings. The van der Waals surface area contributed by atoms with Gasteiger partial charge in [-0.3, -0.25) is 0 Å². The molecule has 0 unspecified atom stereocenters. The molecule has 0 aliphatic carbocycles. The van der Waals surface area contributed by atoms with Crippen LogP contribution in [0, 0.1) is 3.57 Å². The fourth-order valence-electron chi connectivity index (χ4n) is 0.392. The Labute approximate surface area is 77.2 Å². The predicted molar refractivity (Wildman–Crippen MR) is 42.3 cm³/mol. The zero-order valence-electron chi connectivity index (χ0n) is 3.97. The van der Waals surface area contributed by atoms with E-state index in [0.717, 1.165) is 0 Å². The van der Waals surface area contributed by atoms with Gasteiger partial charge in [0.15, 0.2) is 0 Å². The summed E-state index contributed by atoms with van der Waals surface area (Å²) in [5.41, 5.74) is 0. The van der Waals surface area contributed by atoms with Gasteiger partial charge in [0.05, 0.1) is 0 Å². The van der Waals surface area contributed by atoms with E-state index in [1.807, 2.05) is 12.4 Å². The second-order valence-corrected chi connectivity index (χ2v) is 4.42. The van der Waals surface area contributed by atoms with Gasteiger partial charge in [-0.05, 0) is 0 Å². The first-order chi connectivity index (χ1) is 3.79. The number of hydrogen-bond donors (Lipinski definition) is 0. The Balaban J connectivity index is 3.08. The van der Waals surface area contributed by atoms with Crippen molar-refractivity contribution in [3.05, 3.63) is 22.0 Å². The first kappa shape index (κ1) is 6.89. The Morgan fingerprint density at radius 3 is 2.62 bits per heavy atom. The van der Waals surface area contributed by atoms with E-state index in [1.54, 1.807) is 0 Å². The molecule has 0 N–H and O–H groups in total. The van der Waals surface area contributed by atoms with Crippen molar-refractivity contribution in [2.45, 2.75) is 0 Å². The van der Waals surface area contributed by atoms with Gasteiger partial charge in [0.2, 0.25) is 0 Å². The molecule has 0 saturated heterocycles. The van der Waals surface area contributed by atoms with Crippen LogP contribution in [-0.4, -0.2) is 30.1 Å². The molecule has 41 valence electrons. The third-order valence-electron chi connectivity index (χ3n) is 0.680. The summed E-state index contributed by atoms with van der Waals surface area (Å²) in [6.07, 6.45) is 3.74. The third kappa shape index (κ3) is 1.95. The maximum atomic E-state index is 4.00. The van der Waals surface area contributed by atoms with Gasteiger partial charge >= 0.3 is 77.9 Å². The number of aromatic nitrogens is 1. The van der Waals surface area contributed by atoms with Crippen molar-refractivity contribution in [1.29, 1.82) is 0 Å². The Kier molecular flexibility index (Phi) is 2.65. The molecule has 1 aromatic heterocycles. The standard InChI is InChI=1S/C5H3IN.Po/c6-5-2-1-3-7-4-5;/h2-4H;. The van der Waals surface area contributed by atoms with Crippen LogP contribution in [0.1, 0.15) is 0 Å². The van der Waals surface area contributed by atoms with Gasteiger partial charge in [0.1, 0.15) is 0 Å². The zero-order valence-corrected chi connectivity index (χ0v) is 9.30. The van der Waals surface area contributed by atoms with E-state index in [-0.39, 0.29) is 0 Å². The van der Waals surface area contributed by atoms with E-state index in [1.165, 1.54) is 31.9 Å². The number of rotatable bonds is 0. The Morgan fingerprint density at radius 2 is 2.25 bits per heavy atom. The summed E-state index contributed by atoms with van der Waals surface area (Å²) in [6, 6.07) is 2.13. The van der Waals surface area contributed by atoms with Gasteiger partial charge in [0.25, 0.3) is 0 Å². The number of halogens is 1. The molecular weight excluding hydrogens is 410 g/mol. The average Bonchev–Trinajstić information content (AvgIpc) is 1.64. The zero-order chi connectivity index (χ0) is 5.98. The van der Waals surface area contributed by atoms with Crippen LogP contribution in [-0.2, 0) is 0 Å². The normalized spacial score (nSPS) is 9.12. The SMILES string of the molecule is Ic1cnc[c]([Po])c1. The molecule has 1 radical (unpaired) electrons. The summed E-state index contributed by atoms with van der Waals surface area (Å²) in [7, 11) is 0. The topological polar surface area (TPSA) is 12.9 Å². The molecule has 0 amide bonds. The summed E-state index contributed by atoms with van der Waals surface area (Å²) in [5.74, 6) is 0. The first-order valence-electron chi connectivity index (χ1n) is 2.06. The van der Waals surface area contributed by atoms with Crippen LogP contribution < -0.4 is 3.22 Å². The molecule has 0 saturated carbocycles. The fraction of sp³-hybridized carbons (Fsp3) is 0. The van der Waals surface area contributed by atoms with E-state index < -0.39 is 0 Å². The summed E-state index contributed by atoms with van der Waals surface area (Å²) in [4.78, 5) is 4.00. The molecule has 0 bridgehead atoms. The van der Waals surface area contributed by atoms with Crippen LogP contribution in [0.15, 0.2) is 18.5 Å². The molecule has 1 nitrogen and oxygen atoms in total. The second-order valence-electron chi connectivity index (χ2n) is 1.34. The molecule has 1 rings (SSSR count). The monoisotopic (exact) mass is 413 g/mol. The van der Waals surface area contributed by atoms with Crippen LogP contribution in [0.4, 0.5) is 0 Å². The fourth-order valence-corrected chi connectivity index (χ4v) is 2.52. The Hall–Kier alpha value is 0.776. The van der Waals surface area contributed by atoms with Crippen molar-refractivity contribution in [2.24, 2.45) is 0 Å². The second kappa shape index (κ2) is 3.07. The summed E-state index contributed by atoms with van der Waals surface area (Å²) < 4.78 is 2.52. The number of pyridine rings is 1. The van der Waals surface area contributed by atoms with E-state index in [2.05, 4.69) is 33.6 Å². The van der Waals surface area contributed by atoms with Crippen LogP contribution in [0.5, 0.6) is 0 Å². The van der Waals surface area contributed by atoms with Crippen molar-refractivity contribution >= 4 is 50.9 Å². The Bertz CT molecular complexity index is 172. The van der Waals surface area contributed by atoms with Gasteiger partial charge in [-0.25, -0.2) is 0 Å². The molecule has 0 fully saturated rings. The van der Waals surface area contributed by atoms with Crippen LogP contribution in [0.25, 0.3) is 0 Å². The van der Waals surface area contributed by atoms with Crippen LogP contribution >= 0.6 is 22.6 Å². The summed E-state index contributed by atoms with van der Waals surface area (Å²) in [5, 5.41) is 0. The van der Waals surface area contributed by atoms with E-state index in [0.29, 0.717) is 0 Å². The van der Waals surface area contributed by atoms with Gasteiger partial charge < -0.3 is 0 Å². The van der Waals surface area contributed by atoms with Gasteiger partial charge in [-0.15, -0.1) is 0 Å². The maximum absolute atomic E-state index is 4.00. The molecule has 1 aromatic rings. The average molecular weight is 413 g/mol. The molecule has 1 heterocycles. The number of hydrogen-bond acceptors (Lipinski definition) is 1. The number of nitrogens with zero attached hydrogens (tertiary/aromatic N) is 1. The van der Waals surface area contributed by atoms with Crippen molar-refractivity contribution < 1.29 is 0 Å². The quantitative estimate of drug-likeness (QED) is 0.565. The van der Waals surface area contributed by atoms with E-state index in [4.69, 9.17) is 0 Å². The van der Waals surface area contributed by atoms with Crippen molar-refractivity contribution in [3.63, 3.8) is 0 Å². The third-order valence-corrected chi connectivity index (χ3v) is 2.14. The molecule has 3 heteroatoms. The molecule has 8 heavy (non-hydrogen) atoms. The van der Waals surface area contributed by atoms with Crippen LogP contribution in [0.3, 0.4) is 0 Å². The predicted octanol–water partition coefficient (Wildman–Crippen LogP) is 0.480. The van der Waals surface area contributed by atoms with E-state index in [9.17, 15) is 0 Å². The van der Waals surface area contributed by atoms with E-state index >= 15 is 0 Å². The molecule has 0 atom stereocenters. The molecule has 0 spiro atoms. The minimum atomic E-state index is 1.22. The summed E-state index contributed by atoms with van der Waals surface area (Å²) >= 11 is 3.73. The molecule has 0 aliphatic heterocycles. The van der Waals surface area contributed by atoms with Crippen LogP contribution in [0.2, 0.25) is 0 Å². The van der Waals surface area contributed by atoms with Gasteiger partial charge in [-0.2, -0.15) is 0 Å². The first-order valence-corrected chi connectivity index (χ1v) is 4.73. The summed E-state index contributed by atoms with van der Waals surface area (Å²) in [6.45, 7) is 0. The molecule has 0 aromatic carbocycles. The van der Waals surface area contributed by atoms with Crippen molar-refractivity contribution in [3.8, 4) is 0 Å². The van der Waals surface area contributed by atoms with Gasteiger partial charge in [0, 0.05) is 0 Å². The molecular formula is C5H3INPo.